The summed E-state index contributed by atoms with van der Waals surface area (Å²) in [6, 6.07) is 4.33. The fourth-order valence-corrected chi connectivity index (χ4v) is 1.78. The Kier molecular flexibility index (Phi) is 2.93. The molecule has 0 aromatic carbocycles. The van der Waals surface area contributed by atoms with Crippen molar-refractivity contribution in [3.8, 4) is 12.1 Å². The van der Waals surface area contributed by atoms with Gasteiger partial charge in [-0.05, 0) is 12.8 Å². The van der Waals surface area contributed by atoms with E-state index in [0.29, 0.717) is 12.3 Å². The third kappa shape index (κ3) is 1.81. The zero-order valence-electron chi connectivity index (χ0n) is 8.04. The molecule has 0 bridgehead atoms. The molecule has 0 spiro atoms. The molecule has 1 atom stereocenters. The largest absolute Gasteiger partial charge is 0.380 e. The third-order valence-electron chi connectivity index (χ3n) is 2.37. The molecule has 0 saturated carbocycles. The minimum atomic E-state index is 0.435. The average Bonchev–Trinajstić information content (AvgIpc) is 2.02. The summed E-state index contributed by atoms with van der Waals surface area (Å²) in [4.78, 5) is 1.99. The van der Waals surface area contributed by atoms with Gasteiger partial charge in [-0.15, -0.1) is 0 Å². The Balaban J connectivity index is 2.63. The van der Waals surface area contributed by atoms with E-state index in [4.69, 9.17) is 10.5 Å². The summed E-state index contributed by atoms with van der Waals surface area (Å²) >= 11 is 0. The summed E-state index contributed by atoms with van der Waals surface area (Å²) in [5.41, 5.74) is 2.01. The first-order valence-corrected chi connectivity index (χ1v) is 4.38. The second-order valence-corrected chi connectivity index (χ2v) is 3.47. The molecule has 1 aliphatic rings. The lowest BCUT2D eigenvalue weighted by atomic mass is 9.79. The van der Waals surface area contributed by atoms with E-state index in [1.807, 2.05) is 19.0 Å². The molecule has 0 amide bonds. The Bertz CT molecular complexity index is 301. The quantitative estimate of drug-likeness (QED) is 0.655. The molecule has 0 saturated heterocycles. The first-order chi connectivity index (χ1) is 6.20. The Labute approximate surface area is 78.9 Å². The summed E-state index contributed by atoms with van der Waals surface area (Å²) < 4.78 is 0. The highest BCUT2D eigenvalue weighted by Crippen LogP contribution is 2.38. The summed E-state index contributed by atoms with van der Waals surface area (Å²) in [6.07, 6.45) is 2.32. The van der Waals surface area contributed by atoms with Crippen LogP contribution in [0.4, 0.5) is 0 Å². The van der Waals surface area contributed by atoms with Crippen LogP contribution in [0.15, 0.2) is 11.3 Å². The van der Waals surface area contributed by atoms with Gasteiger partial charge in [0.25, 0.3) is 0 Å². The molecular formula is C10H13N3. The van der Waals surface area contributed by atoms with Gasteiger partial charge in [-0.3, -0.25) is 0 Å². The molecule has 0 N–H and O–H groups in total. The van der Waals surface area contributed by atoms with Gasteiger partial charge in [-0.1, -0.05) is 0 Å². The van der Waals surface area contributed by atoms with E-state index in [0.717, 1.165) is 24.1 Å². The lowest BCUT2D eigenvalue weighted by Crippen LogP contribution is -2.28. The molecule has 68 valence electrons. The molecule has 3 heteroatoms. The van der Waals surface area contributed by atoms with Crippen LogP contribution in [0.2, 0.25) is 0 Å². The molecule has 1 aliphatic carbocycles. The molecular weight excluding hydrogens is 162 g/mol. The topological polar surface area (TPSA) is 50.8 Å². The second-order valence-electron chi connectivity index (χ2n) is 3.47. The minimum Gasteiger partial charge on any atom is -0.380 e. The van der Waals surface area contributed by atoms with Gasteiger partial charge in [0.2, 0.25) is 0 Å². The van der Waals surface area contributed by atoms with Crippen molar-refractivity contribution in [3.63, 3.8) is 0 Å². The van der Waals surface area contributed by atoms with E-state index < -0.39 is 0 Å². The summed E-state index contributed by atoms with van der Waals surface area (Å²) in [7, 11) is 3.90. The van der Waals surface area contributed by atoms with Crippen LogP contribution >= 0.6 is 0 Å². The van der Waals surface area contributed by atoms with E-state index in [-0.39, 0.29) is 0 Å². The monoisotopic (exact) mass is 175 g/mol. The highest BCUT2D eigenvalue weighted by Gasteiger charge is 2.30. The molecule has 3 nitrogen and oxygen atoms in total. The Morgan fingerprint density at radius 2 is 2.15 bits per heavy atom. The van der Waals surface area contributed by atoms with Crippen LogP contribution in [0.25, 0.3) is 0 Å². The van der Waals surface area contributed by atoms with Crippen LogP contribution in [-0.2, 0) is 0 Å². The highest BCUT2D eigenvalue weighted by atomic mass is 15.1. The summed E-state index contributed by atoms with van der Waals surface area (Å²) in [5.74, 6) is 0.435. The Morgan fingerprint density at radius 1 is 1.46 bits per heavy atom. The van der Waals surface area contributed by atoms with Crippen molar-refractivity contribution in [2.75, 3.05) is 14.1 Å². The predicted octanol–water partition coefficient (Wildman–Crippen LogP) is 1.65. The number of hydrogen-bond acceptors (Lipinski definition) is 3. The number of rotatable bonds is 3. The van der Waals surface area contributed by atoms with Crippen molar-refractivity contribution >= 4 is 0 Å². The molecule has 0 radical (unpaired) electrons. The van der Waals surface area contributed by atoms with Gasteiger partial charge in [0, 0.05) is 37.7 Å². The molecule has 0 aliphatic heterocycles. The van der Waals surface area contributed by atoms with Gasteiger partial charge >= 0.3 is 0 Å². The van der Waals surface area contributed by atoms with Gasteiger partial charge in [-0.2, -0.15) is 10.5 Å². The molecule has 1 rings (SSSR count). The molecule has 1 unspecified atom stereocenters. The standard InChI is InChI=1S/C10H13N3/c1-13(2)10-8(4-3-5-11)6-9(10)7-12/h8H,3-4,6H2,1-2H3. The zero-order chi connectivity index (χ0) is 9.84. The van der Waals surface area contributed by atoms with Crippen LogP contribution < -0.4 is 0 Å². The van der Waals surface area contributed by atoms with Crippen molar-refractivity contribution in [1.82, 2.24) is 4.90 Å². The van der Waals surface area contributed by atoms with Crippen LogP contribution in [-0.4, -0.2) is 19.0 Å². The molecule has 13 heavy (non-hydrogen) atoms. The fraction of sp³-hybridized carbons (Fsp3) is 0.600. The van der Waals surface area contributed by atoms with Crippen molar-refractivity contribution in [2.45, 2.75) is 19.3 Å². The normalized spacial score (nSPS) is 20.2. The van der Waals surface area contributed by atoms with Gasteiger partial charge in [-0.25, -0.2) is 0 Å². The number of hydrogen-bond donors (Lipinski definition) is 0. The fourth-order valence-electron chi connectivity index (χ4n) is 1.78. The first-order valence-electron chi connectivity index (χ1n) is 4.38. The maximum atomic E-state index is 8.75. The lowest BCUT2D eigenvalue weighted by Gasteiger charge is -2.34. The molecule has 0 fully saturated rings. The van der Waals surface area contributed by atoms with E-state index in [2.05, 4.69) is 12.1 Å². The zero-order valence-corrected chi connectivity index (χ0v) is 8.04. The predicted molar refractivity (Wildman–Crippen MR) is 49.3 cm³/mol. The van der Waals surface area contributed by atoms with Crippen LogP contribution in [0.5, 0.6) is 0 Å². The van der Waals surface area contributed by atoms with E-state index in [9.17, 15) is 0 Å². The van der Waals surface area contributed by atoms with Crippen LogP contribution in [0.1, 0.15) is 19.3 Å². The smallest absolute Gasteiger partial charge is 0.0965 e. The van der Waals surface area contributed by atoms with E-state index in [1.165, 1.54) is 0 Å². The minimum absolute atomic E-state index is 0.435. The lowest BCUT2D eigenvalue weighted by molar-refractivity contribution is 0.352. The Hall–Kier alpha value is -1.48. The van der Waals surface area contributed by atoms with E-state index >= 15 is 0 Å². The third-order valence-corrected chi connectivity index (χ3v) is 2.37. The number of allylic oxidation sites excluding steroid dienone is 2. The molecule has 0 aromatic rings. The van der Waals surface area contributed by atoms with Gasteiger partial charge < -0.3 is 4.90 Å². The van der Waals surface area contributed by atoms with Gasteiger partial charge in [0.05, 0.1) is 12.1 Å². The second kappa shape index (κ2) is 3.96. The van der Waals surface area contributed by atoms with Gasteiger partial charge in [0.1, 0.15) is 0 Å². The summed E-state index contributed by atoms with van der Waals surface area (Å²) in [5, 5.41) is 17.2. The molecule has 0 aromatic heterocycles. The highest BCUT2D eigenvalue weighted by molar-refractivity contribution is 5.37. The van der Waals surface area contributed by atoms with Crippen molar-refractivity contribution < 1.29 is 0 Å². The number of nitriles is 2. The SMILES string of the molecule is CN(C)C1=C(C#N)CC1CCC#N. The van der Waals surface area contributed by atoms with Crippen molar-refractivity contribution in [3.05, 3.63) is 11.3 Å². The maximum Gasteiger partial charge on any atom is 0.0965 e. The van der Waals surface area contributed by atoms with Gasteiger partial charge in [0.15, 0.2) is 0 Å². The first kappa shape index (κ1) is 9.61. The molecule has 0 heterocycles. The maximum absolute atomic E-state index is 8.75. The summed E-state index contributed by atoms with van der Waals surface area (Å²) in [6.45, 7) is 0. The van der Waals surface area contributed by atoms with Crippen molar-refractivity contribution in [1.29, 1.82) is 10.5 Å². The average molecular weight is 175 g/mol. The van der Waals surface area contributed by atoms with Crippen LogP contribution in [0, 0.1) is 28.6 Å². The van der Waals surface area contributed by atoms with Crippen molar-refractivity contribution in [2.24, 2.45) is 5.92 Å². The number of nitrogens with zero attached hydrogens (tertiary/aromatic N) is 3. The van der Waals surface area contributed by atoms with Crippen LogP contribution in [0.3, 0.4) is 0 Å². The van der Waals surface area contributed by atoms with E-state index in [1.54, 1.807) is 0 Å². The Morgan fingerprint density at radius 3 is 2.62 bits per heavy atom.